The first-order valence-corrected chi connectivity index (χ1v) is 9.55. The van der Waals surface area contributed by atoms with Gasteiger partial charge in [-0.05, 0) is 36.9 Å². The summed E-state index contributed by atoms with van der Waals surface area (Å²) in [5, 5.41) is 1.14. The minimum absolute atomic E-state index is 0.479. The molecule has 1 nitrogen and oxygen atoms in total. The van der Waals surface area contributed by atoms with Gasteiger partial charge in [0.2, 0.25) is 0 Å². The molecule has 0 aromatic heterocycles. The van der Waals surface area contributed by atoms with Gasteiger partial charge in [0.15, 0.2) is 0 Å². The van der Waals surface area contributed by atoms with Crippen LogP contribution in [-0.2, 0) is 6.54 Å². The lowest BCUT2D eigenvalue weighted by Crippen LogP contribution is -2.36. The molecule has 0 heterocycles. The SMILES string of the molecule is CN(Cc1ccccc1Br)CC1(CBr)CCCCCC1. The molecule has 0 atom stereocenters. The molecule has 112 valence electrons. The van der Waals surface area contributed by atoms with E-state index in [1.807, 2.05) is 0 Å². The molecule has 1 aliphatic carbocycles. The molecule has 0 bridgehead atoms. The van der Waals surface area contributed by atoms with Crippen molar-refractivity contribution in [2.24, 2.45) is 5.41 Å². The van der Waals surface area contributed by atoms with Gasteiger partial charge in [-0.2, -0.15) is 0 Å². The Labute approximate surface area is 140 Å². The van der Waals surface area contributed by atoms with Crippen molar-refractivity contribution >= 4 is 31.9 Å². The zero-order valence-corrected chi connectivity index (χ0v) is 15.5. The molecule has 3 heteroatoms. The third-order valence-corrected chi connectivity index (χ3v) is 6.41. The number of nitrogens with zero attached hydrogens (tertiary/aromatic N) is 1. The highest BCUT2D eigenvalue weighted by Gasteiger charge is 2.31. The Morgan fingerprint density at radius 1 is 1.10 bits per heavy atom. The molecule has 0 spiro atoms. The molecule has 0 amide bonds. The lowest BCUT2D eigenvalue weighted by atomic mass is 9.82. The molecule has 1 aromatic rings. The van der Waals surface area contributed by atoms with Crippen LogP contribution in [0.4, 0.5) is 0 Å². The van der Waals surface area contributed by atoms with E-state index in [-0.39, 0.29) is 0 Å². The zero-order valence-electron chi connectivity index (χ0n) is 12.4. The van der Waals surface area contributed by atoms with E-state index in [0.29, 0.717) is 5.41 Å². The van der Waals surface area contributed by atoms with Crippen molar-refractivity contribution in [1.82, 2.24) is 4.90 Å². The average molecular weight is 403 g/mol. The highest BCUT2D eigenvalue weighted by Crippen LogP contribution is 2.37. The Kier molecular flexibility index (Phi) is 6.57. The third-order valence-electron chi connectivity index (χ3n) is 4.45. The lowest BCUT2D eigenvalue weighted by molar-refractivity contribution is 0.171. The van der Waals surface area contributed by atoms with Gasteiger partial charge in [-0.25, -0.2) is 0 Å². The second kappa shape index (κ2) is 7.95. The van der Waals surface area contributed by atoms with Crippen LogP contribution in [0.25, 0.3) is 0 Å². The third kappa shape index (κ3) is 4.57. The van der Waals surface area contributed by atoms with Crippen molar-refractivity contribution in [1.29, 1.82) is 0 Å². The summed E-state index contributed by atoms with van der Waals surface area (Å²) < 4.78 is 1.22. The van der Waals surface area contributed by atoms with E-state index < -0.39 is 0 Å². The predicted octanol–water partition coefficient (Wildman–Crippen LogP) is 5.62. The molecule has 2 rings (SSSR count). The fraction of sp³-hybridized carbons (Fsp3) is 0.647. The van der Waals surface area contributed by atoms with Crippen LogP contribution in [0.5, 0.6) is 0 Å². The molecule has 1 aromatic carbocycles. The second-order valence-corrected chi connectivity index (χ2v) is 7.73. The zero-order chi connectivity index (χ0) is 14.4. The van der Waals surface area contributed by atoms with Gasteiger partial charge >= 0.3 is 0 Å². The molecule has 0 aliphatic heterocycles. The summed E-state index contributed by atoms with van der Waals surface area (Å²) in [6, 6.07) is 8.56. The minimum Gasteiger partial charge on any atom is -0.301 e. The normalized spacial score (nSPS) is 19.0. The van der Waals surface area contributed by atoms with Crippen LogP contribution in [0.1, 0.15) is 44.1 Å². The lowest BCUT2D eigenvalue weighted by Gasteiger charge is -2.35. The topological polar surface area (TPSA) is 3.24 Å². The van der Waals surface area contributed by atoms with Crippen LogP contribution in [0.3, 0.4) is 0 Å². The quantitative estimate of drug-likeness (QED) is 0.456. The van der Waals surface area contributed by atoms with Crippen molar-refractivity contribution in [2.75, 3.05) is 18.9 Å². The van der Waals surface area contributed by atoms with Gasteiger partial charge in [0, 0.05) is 22.9 Å². The standard InChI is InChI=1S/C17H25Br2N/c1-20(12-15-8-4-5-9-16(15)19)14-17(13-18)10-6-2-3-7-11-17/h4-5,8-9H,2-3,6-7,10-14H2,1H3. The van der Waals surface area contributed by atoms with Crippen LogP contribution in [0.2, 0.25) is 0 Å². The van der Waals surface area contributed by atoms with Crippen molar-refractivity contribution in [2.45, 2.75) is 45.1 Å². The van der Waals surface area contributed by atoms with Gasteiger partial charge in [-0.1, -0.05) is 75.7 Å². The molecule has 0 unspecified atom stereocenters. The first kappa shape index (κ1) is 16.5. The average Bonchev–Trinajstić information content (AvgIpc) is 2.67. The summed E-state index contributed by atoms with van der Waals surface area (Å²) in [5.41, 5.74) is 1.86. The van der Waals surface area contributed by atoms with Gasteiger partial charge in [0.1, 0.15) is 0 Å². The highest BCUT2D eigenvalue weighted by atomic mass is 79.9. The van der Waals surface area contributed by atoms with Gasteiger partial charge in [-0.15, -0.1) is 0 Å². The van der Waals surface area contributed by atoms with E-state index in [0.717, 1.165) is 11.9 Å². The number of hydrogen-bond acceptors (Lipinski definition) is 1. The van der Waals surface area contributed by atoms with Crippen LogP contribution >= 0.6 is 31.9 Å². The maximum Gasteiger partial charge on any atom is 0.0242 e. The van der Waals surface area contributed by atoms with Crippen molar-refractivity contribution in [3.05, 3.63) is 34.3 Å². The summed E-state index contributed by atoms with van der Waals surface area (Å²) in [7, 11) is 2.26. The summed E-state index contributed by atoms with van der Waals surface area (Å²) in [6.07, 6.45) is 8.38. The Hall–Kier alpha value is 0.140. The number of hydrogen-bond donors (Lipinski definition) is 0. The predicted molar refractivity (Wildman–Crippen MR) is 94.4 cm³/mol. The van der Waals surface area contributed by atoms with Gasteiger partial charge in [0.25, 0.3) is 0 Å². The van der Waals surface area contributed by atoms with Crippen LogP contribution < -0.4 is 0 Å². The van der Waals surface area contributed by atoms with E-state index in [9.17, 15) is 0 Å². The highest BCUT2D eigenvalue weighted by molar-refractivity contribution is 9.10. The van der Waals surface area contributed by atoms with E-state index in [2.05, 4.69) is 68.1 Å². The number of rotatable bonds is 5. The Morgan fingerprint density at radius 3 is 2.35 bits per heavy atom. The van der Waals surface area contributed by atoms with Crippen LogP contribution in [-0.4, -0.2) is 23.8 Å². The Bertz CT molecular complexity index is 411. The summed E-state index contributed by atoms with van der Waals surface area (Å²) in [4.78, 5) is 2.49. The molecule has 1 aliphatic rings. The second-order valence-electron chi connectivity index (χ2n) is 6.31. The van der Waals surface area contributed by atoms with Crippen LogP contribution in [0, 0.1) is 5.41 Å². The fourth-order valence-corrected chi connectivity index (χ4v) is 4.51. The Balaban J connectivity index is 1.98. The molecule has 1 fully saturated rings. The molecular weight excluding hydrogens is 378 g/mol. The fourth-order valence-electron chi connectivity index (χ4n) is 3.36. The molecule has 0 N–H and O–H groups in total. The smallest absolute Gasteiger partial charge is 0.0242 e. The van der Waals surface area contributed by atoms with Gasteiger partial charge < -0.3 is 4.90 Å². The molecular formula is C17H25Br2N. The largest absolute Gasteiger partial charge is 0.301 e. The van der Waals surface area contributed by atoms with Crippen molar-refractivity contribution in [3.63, 3.8) is 0 Å². The first-order chi connectivity index (χ1) is 9.65. The monoisotopic (exact) mass is 401 g/mol. The molecule has 0 radical (unpaired) electrons. The summed E-state index contributed by atoms with van der Waals surface area (Å²) in [5.74, 6) is 0. The number of alkyl halides is 1. The minimum atomic E-state index is 0.479. The summed E-state index contributed by atoms with van der Waals surface area (Å²) in [6.45, 7) is 2.22. The van der Waals surface area contributed by atoms with E-state index in [4.69, 9.17) is 0 Å². The van der Waals surface area contributed by atoms with Crippen molar-refractivity contribution in [3.8, 4) is 0 Å². The van der Waals surface area contributed by atoms with E-state index >= 15 is 0 Å². The van der Waals surface area contributed by atoms with Gasteiger partial charge in [-0.3, -0.25) is 0 Å². The van der Waals surface area contributed by atoms with E-state index in [1.54, 1.807) is 0 Å². The maximum atomic E-state index is 3.80. The number of halogens is 2. The number of benzene rings is 1. The summed E-state index contributed by atoms with van der Waals surface area (Å²) >= 11 is 7.45. The molecule has 0 saturated heterocycles. The van der Waals surface area contributed by atoms with Crippen molar-refractivity contribution < 1.29 is 0 Å². The maximum absolute atomic E-state index is 3.80. The van der Waals surface area contributed by atoms with Crippen LogP contribution in [0.15, 0.2) is 28.7 Å². The molecule has 20 heavy (non-hydrogen) atoms. The first-order valence-electron chi connectivity index (χ1n) is 7.63. The van der Waals surface area contributed by atoms with Gasteiger partial charge in [0.05, 0.1) is 0 Å². The Morgan fingerprint density at radius 2 is 1.75 bits per heavy atom. The van der Waals surface area contributed by atoms with E-state index in [1.165, 1.54) is 55.1 Å². The molecule has 1 saturated carbocycles.